The minimum Gasteiger partial charge on any atom is -0.405 e. The molecule has 3 heterocycles. The van der Waals surface area contributed by atoms with Crippen molar-refractivity contribution >= 4 is 85.8 Å². The molecule has 0 bridgehead atoms. The first kappa shape index (κ1) is 47.6. The molecule has 0 atom stereocenters. The van der Waals surface area contributed by atoms with Gasteiger partial charge in [-0.25, -0.2) is 26.3 Å². The van der Waals surface area contributed by atoms with E-state index in [4.69, 9.17) is 51.1 Å². The fourth-order valence-corrected chi connectivity index (χ4v) is 7.09. The van der Waals surface area contributed by atoms with Gasteiger partial charge in [-0.1, -0.05) is 45.2 Å². The predicted molar refractivity (Wildman–Crippen MR) is 222 cm³/mol. The van der Waals surface area contributed by atoms with Crippen LogP contribution in [0.2, 0.25) is 10.0 Å². The summed E-state index contributed by atoms with van der Waals surface area (Å²) in [6, 6.07) is 10.6. The Morgan fingerprint density at radius 1 is 0.537 bits per heavy atom. The minimum absolute atomic E-state index is 0.173. The Balaban J connectivity index is 0.000000224. The summed E-state index contributed by atoms with van der Waals surface area (Å²) in [6.45, 7) is 24.5. The van der Waals surface area contributed by atoms with Crippen LogP contribution in [0.1, 0.15) is 94.2 Å². The summed E-state index contributed by atoms with van der Waals surface area (Å²) in [4.78, 5) is 0. The molecule has 2 aromatic rings. The molecule has 54 heavy (non-hydrogen) atoms. The van der Waals surface area contributed by atoms with Crippen LogP contribution in [-0.4, -0.2) is 84.1 Å². The highest BCUT2D eigenvalue weighted by Crippen LogP contribution is 2.43. The third-order valence-corrected chi connectivity index (χ3v) is 12.5. The zero-order valence-electron chi connectivity index (χ0n) is 33.6. The molecule has 3 fully saturated rings. The van der Waals surface area contributed by atoms with Crippen molar-refractivity contribution in [2.45, 2.75) is 130 Å². The molecule has 2 aromatic carbocycles. The van der Waals surface area contributed by atoms with E-state index >= 15 is 0 Å². The first-order valence-electron chi connectivity index (χ1n) is 17.3. The number of rotatable bonds is 8. The van der Waals surface area contributed by atoms with Gasteiger partial charge in [0, 0.05) is 27.6 Å². The second-order valence-corrected chi connectivity index (χ2v) is 22.1. The van der Waals surface area contributed by atoms with Gasteiger partial charge in [-0.2, -0.15) is 0 Å². The monoisotopic (exact) mass is 896 g/mol. The highest BCUT2D eigenvalue weighted by molar-refractivity contribution is 9.10. The topological polar surface area (TPSA) is 148 Å². The van der Waals surface area contributed by atoms with Gasteiger partial charge in [0.15, 0.2) is 0 Å². The molecular weight excluding hydrogens is 844 g/mol. The van der Waals surface area contributed by atoms with Gasteiger partial charge in [0.1, 0.15) is 0 Å². The summed E-state index contributed by atoms with van der Waals surface area (Å²) in [5, 5.41) is 1.09. The van der Waals surface area contributed by atoms with Crippen LogP contribution in [-0.2, 0) is 61.1 Å². The van der Waals surface area contributed by atoms with Crippen molar-refractivity contribution in [3.8, 4) is 0 Å². The summed E-state index contributed by atoms with van der Waals surface area (Å²) in [5.41, 5.74) is 0.0235. The van der Waals surface area contributed by atoms with Crippen LogP contribution in [0.25, 0.3) is 0 Å². The molecule has 0 aliphatic carbocycles. The number of hydrogen-bond donors (Lipinski definition) is 2. The van der Waals surface area contributed by atoms with E-state index in [9.17, 15) is 16.8 Å². The zero-order valence-corrected chi connectivity index (χ0v) is 38.4. The molecule has 0 saturated carbocycles. The predicted octanol–water partition coefficient (Wildman–Crippen LogP) is 6.09. The van der Waals surface area contributed by atoms with Crippen LogP contribution in [0.15, 0.2) is 40.9 Å². The van der Waals surface area contributed by atoms with E-state index in [1.807, 2.05) is 95.2 Å². The maximum Gasteiger partial charge on any atom is 0.494 e. The van der Waals surface area contributed by atoms with Gasteiger partial charge in [-0.05, 0) is 130 Å². The molecule has 5 rings (SSSR count). The molecule has 0 spiro atoms. The Morgan fingerprint density at radius 2 is 0.852 bits per heavy atom. The van der Waals surface area contributed by atoms with Gasteiger partial charge in [0.2, 0.25) is 20.0 Å². The maximum atomic E-state index is 11.2. The summed E-state index contributed by atoms with van der Waals surface area (Å²) in [7, 11) is -7.90. The maximum absolute atomic E-state index is 11.2. The zero-order chi connectivity index (χ0) is 41.5. The van der Waals surface area contributed by atoms with E-state index < -0.39 is 52.4 Å². The minimum atomic E-state index is -3.26. The van der Waals surface area contributed by atoms with Crippen LogP contribution in [0.5, 0.6) is 0 Å². The number of sulfonamides is 2. The quantitative estimate of drug-likeness (QED) is 0.299. The summed E-state index contributed by atoms with van der Waals surface area (Å²) in [5.74, 6) is 0. The van der Waals surface area contributed by atoms with Crippen molar-refractivity contribution in [3.05, 3.63) is 62.0 Å². The Morgan fingerprint density at radius 3 is 1.19 bits per heavy atom. The largest absolute Gasteiger partial charge is 0.494 e. The van der Waals surface area contributed by atoms with E-state index in [-0.39, 0.29) is 35.5 Å². The number of benzene rings is 2. The Hall–Kier alpha value is -0.725. The van der Waals surface area contributed by atoms with Crippen LogP contribution < -0.4 is 14.9 Å². The van der Waals surface area contributed by atoms with E-state index in [1.54, 1.807) is 24.3 Å². The Labute approximate surface area is 342 Å². The molecule has 302 valence electrons. The van der Waals surface area contributed by atoms with E-state index in [0.717, 1.165) is 33.6 Å². The highest BCUT2D eigenvalue weighted by atomic mass is 79.9. The fourth-order valence-electron chi connectivity index (χ4n) is 5.03. The summed E-state index contributed by atoms with van der Waals surface area (Å²) in [6.07, 6.45) is 2.24. The van der Waals surface area contributed by atoms with Crippen molar-refractivity contribution < 1.29 is 44.8 Å². The van der Waals surface area contributed by atoms with Gasteiger partial charge in [0.25, 0.3) is 0 Å². The third kappa shape index (κ3) is 12.9. The molecule has 3 saturated heterocycles. The van der Waals surface area contributed by atoms with E-state index in [0.29, 0.717) is 10.0 Å². The highest BCUT2D eigenvalue weighted by Gasteiger charge is 2.63. The molecule has 0 aromatic heterocycles. The number of halogens is 3. The lowest BCUT2D eigenvalue weighted by atomic mass is 9.49. The van der Waals surface area contributed by atoms with E-state index in [1.165, 1.54) is 0 Å². The van der Waals surface area contributed by atoms with Crippen molar-refractivity contribution in [1.29, 1.82) is 0 Å². The Kier molecular flexibility index (Phi) is 14.9. The van der Waals surface area contributed by atoms with Crippen molar-refractivity contribution in [1.82, 2.24) is 9.44 Å². The lowest BCUT2D eigenvalue weighted by Gasteiger charge is -2.32. The fraction of sp³-hybridized carbons (Fsp3) is 0.647. The summed E-state index contributed by atoms with van der Waals surface area (Å²) >= 11 is 15.2. The summed E-state index contributed by atoms with van der Waals surface area (Å²) < 4.78 is 85.5. The molecule has 0 radical (unpaired) electrons. The molecule has 2 N–H and O–H groups in total. The van der Waals surface area contributed by atoms with Gasteiger partial charge < -0.3 is 27.9 Å². The molecule has 3 aliphatic heterocycles. The van der Waals surface area contributed by atoms with Crippen molar-refractivity contribution in [2.24, 2.45) is 0 Å². The smallest absolute Gasteiger partial charge is 0.405 e. The average Bonchev–Trinajstić information content (AvgIpc) is 3.43. The molecule has 12 nitrogen and oxygen atoms in total. The van der Waals surface area contributed by atoms with Crippen LogP contribution in [0.3, 0.4) is 0 Å². The van der Waals surface area contributed by atoms with Gasteiger partial charge in [-0.3, -0.25) is 0 Å². The second kappa shape index (κ2) is 16.9. The molecule has 0 amide bonds. The number of hydrogen-bond acceptors (Lipinski definition) is 10. The van der Waals surface area contributed by atoms with Crippen LogP contribution in [0.4, 0.5) is 0 Å². The van der Waals surface area contributed by atoms with E-state index in [2.05, 4.69) is 25.4 Å². The SMILES string of the molecule is CC1(C)OB(B2OC(C)(C)C(C)(C)O2)OC1(C)C.CC1(C)OB(c2cc(Cl)cc(CNS(C)(=O)=O)c2)OC1(C)C.CS(=O)(=O)NCc1cc(Cl)cc(Br)c1. The normalized spacial score (nSPS) is 22.0. The standard InChI is InChI=1S/C14H21BClNO4S.C12H24B2O4.C8H9BrClNO2S/c1-13(2)14(3,4)21-15(20-13)11-6-10(7-12(16)8-11)9-17-22(5,18)19;1-9(2)10(3,4)16-13(15-9)14-17-11(5,6)12(7,8)18-14;1-14(12,13)11-5-6-2-7(9)4-8(10)3-6/h6-8,17H,9H2,1-5H3;1-8H3;2-4,11H,5H2,1H3. The number of nitrogens with one attached hydrogen (secondary N) is 2. The van der Waals surface area contributed by atoms with Crippen molar-refractivity contribution in [2.75, 3.05) is 12.5 Å². The second-order valence-electron chi connectivity index (χ2n) is 16.7. The van der Waals surface area contributed by atoms with Crippen LogP contribution in [0, 0.1) is 0 Å². The molecule has 3 aliphatic rings. The van der Waals surface area contributed by atoms with Crippen LogP contribution >= 0.6 is 39.1 Å². The van der Waals surface area contributed by atoms with Gasteiger partial charge in [0.05, 0.1) is 46.1 Å². The Bertz CT molecular complexity index is 1780. The first-order valence-corrected chi connectivity index (χ1v) is 22.7. The first-order chi connectivity index (χ1) is 24.1. The molecule has 20 heteroatoms. The average molecular weight is 898 g/mol. The lowest BCUT2D eigenvalue weighted by molar-refractivity contribution is 0.00578. The van der Waals surface area contributed by atoms with Gasteiger partial charge >= 0.3 is 21.1 Å². The van der Waals surface area contributed by atoms with Crippen molar-refractivity contribution in [3.63, 3.8) is 0 Å². The lowest BCUT2D eigenvalue weighted by Crippen LogP contribution is -2.41. The molecular formula is C34H54B3BrCl2N2O10S2. The third-order valence-electron chi connectivity index (χ3n) is 10.3. The molecule has 0 unspecified atom stereocenters. The van der Waals surface area contributed by atoms with Gasteiger partial charge in [-0.15, -0.1) is 0 Å².